The Bertz CT molecular complexity index is 233. The van der Waals surface area contributed by atoms with Crippen LogP contribution in [0.2, 0.25) is 0 Å². The Labute approximate surface area is 113 Å². The van der Waals surface area contributed by atoms with Gasteiger partial charge in [-0.15, -0.1) is 10.3 Å². The fourth-order valence-electron chi connectivity index (χ4n) is 1.85. The van der Waals surface area contributed by atoms with E-state index in [0.717, 1.165) is 55.8 Å². The van der Waals surface area contributed by atoms with Crippen LogP contribution in [0, 0.1) is 0 Å². The Hall–Kier alpha value is 0.460. The zero-order valence-corrected chi connectivity index (χ0v) is 13.6. The largest absolute Gasteiger partial charge is 0.479 e. The van der Waals surface area contributed by atoms with E-state index in [9.17, 15) is 4.57 Å². The fourth-order valence-corrected chi connectivity index (χ4v) is 7.45. The zero-order valence-electron chi connectivity index (χ0n) is 11.9. The molecule has 6 heteroatoms. The molecule has 4 nitrogen and oxygen atoms in total. The van der Waals surface area contributed by atoms with Crippen LogP contribution in [0.4, 0.5) is 0 Å². The molecule has 0 aromatic rings. The number of hydrogen-bond donors (Lipinski definition) is 2. The molecule has 2 N–H and O–H groups in total. The molecular weight excluding hydrogens is 271 g/mol. The van der Waals surface area contributed by atoms with E-state index in [1.807, 2.05) is 0 Å². The van der Waals surface area contributed by atoms with Gasteiger partial charge >= 0.3 is 7.82 Å². The third kappa shape index (κ3) is 8.54. The van der Waals surface area contributed by atoms with Gasteiger partial charge in [-0.1, -0.05) is 40.0 Å². The van der Waals surface area contributed by atoms with Crippen molar-refractivity contribution in [3.63, 3.8) is 0 Å². The van der Waals surface area contributed by atoms with Crippen LogP contribution in [-0.4, -0.2) is 27.0 Å². The van der Waals surface area contributed by atoms with Crippen molar-refractivity contribution in [3.8, 4) is 0 Å². The van der Waals surface area contributed by atoms with Gasteiger partial charge < -0.3 is 9.79 Å². The maximum absolute atomic E-state index is 11.2. The zero-order chi connectivity index (χ0) is 14.1. The van der Waals surface area contributed by atoms with Crippen LogP contribution in [0.25, 0.3) is 0 Å². The first-order valence-corrected chi connectivity index (χ1v) is 10.5. The Morgan fingerprint density at radius 2 is 1.22 bits per heavy atom. The summed E-state index contributed by atoms with van der Waals surface area (Å²) in [5, 5.41) is 0. The standard InChI is InChI=1S/C12H29O4PS/c1-4-7-10-18(11-8-5-2,12-9-6-3)16-17(13,14)15/h4-12H2,1-3H3,(H2,13,14,15). The lowest BCUT2D eigenvalue weighted by molar-refractivity contribution is 0.293. The molecule has 0 amide bonds. The van der Waals surface area contributed by atoms with Crippen molar-refractivity contribution in [2.45, 2.75) is 59.3 Å². The summed E-state index contributed by atoms with van der Waals surface area (Å²) in [7, 11) is -5.97. The second-order valence-corrected chi connectivity index (χ2v) is 9.44. The minimum absolute atomic E-state index is 0.828. The molecule has 0 aliphatic heterocycles. The smallest absolute Gasteiger partial charge is 0.302 e. The Morgan fingerprint density at radius 1 is 0.889 bits per heavy atom. The molecule has 112 valence electrons. The lowest BCUT2D eigenvalue weighted by Gasteiger charge is -2.39. The molecule has 0 fully saturated rings. The van der Waals surface area contributed by atoms with Gasteiger partial charge in [0.2, 0.25) is 0 Å². The number of unbranched alkanes of at least 4 members (excludes halogenated alkanes) is 3. The average Bonchev–Trinajstić information content (AvgIpc) is 2.29. The highest BCUT2D eigenvalue weighted by Gasteiger charge is 2.31. The van der Waals surface area contributed by atoms with E-state index in [0.29, 0.717) is 0 Å². The van der Waals surface area contributed by atoms with Crippen LogP contribution in [0.15, 0.2) is 0 Å². The average molecular weight is 300 g/mol. The molecule has 0 spiro atoms. The Balaban J connectivity index is 4.78. The number of hydrogen-bond acceptors (Lipinski definition) is 2. The molecule has 0 heterocycles. The minimum Gasteiger partial charge on any atom is -0.302 e. The van der Waals surface area contributed by atoms with Gasteiger partial charge in [-0.3, -0.25) is 0 Å². The molecule has 0 aliphatic rings. The quantitative estimate of drug-likeness (QED) is 0.561. The monoisotopic (exact) mass is 300 g/mol. The molecule has 0 bridgehead atoms. The molecular formula is C12H29O4PS. The van der Waals surface area contributed by atoms with E-state index in [1.165, 1.54) is 0 Å². The molecule has 0 aromatic carbocycles. The Kier molecular flexibility index (Phi) is 9.62. The van der Waals surface area contributed by atoms with Crippen molar-refractivity contribution in [2.24, 2.45) is 0 Å². The van der Waals surface area contributed by atoms with Gasteiger partial charge in [0.05, 0.1) is 0 Å². The van der Waals surface area contributed by atoms with Gasteiger partial charge in [-0.25, -0.2) is 8.54 Å². The first kappa shape index (κ1) is 18.5. The molecule has 0 atom stereocenters. The van der Waals surface area contributed by atoms with Crippen LogP contribution in [0.3, 0.4) is 0 Å². The molecule has 18 heavy (non-hydrogen) atoms. The van der Waals surface area contributed by atoms with Crippen LogP contribution in [0.1, 0.15) is 59.3 Å². The fraction of sp³-hybridized carbons (Fsp3) is 1.00. The second-order valence-electron chi connectivity index (χ2n) is 4.70. The van der Waals surface area contributed by atoms with E-state index < -0.39 is 18.1 Å². The van der Waals surface area contributed by atoms with Crippen molar-refractivity contribution < 1.29 is 18.3 Å². The summed E-state index contributed by atoms with van der Waals surface area (Å²) in [6.45, 7) is 6.30. The third-order valence-electron chi connectivity index (χ3n) is 2.86. The summed E-state index contributed by atoms with van der Waals surface area (Å²) in [6, 6.07) is 0. The first-order chi connectivity index (χ1) is 8.39. The van der Waals surface area contributed by atoms with Gasteiger partial charge in [0.15, 0.2) is 0 Å². The predicted molar refractivity (Wildman–Crippen MR) is 80.0 cm³/mol. The molecule has 0 saturated carbocycles. The van der Waals surface area contributed by atoms with Crippen molar-refractivity contribution in [1.82, 2.24) is 0 Å². The van der Waals surface area contributed by atoms with Gasteiger partial charge in [0.25, 0.3) is 0 Å². The molecule has 0 radical (unpaired) electrons. The third-order valence-corrected chi connectivity index (χ3v) is 8.00. The minimum atomic E-state index is -4.37. The summed E-state index contributed by atoms with van der Waals surface area (Å²) in [5.74, 6) is 2.48. The van der Waals surface area contributed by atoms with E-state index >= 15 is 0 Å². The van der Waals surface area contributed by atoms with Crippen molar-refractivity contribution >= 4 is 18.1 Å². The number of phosphoric acid groups is 1. The maximum atomic E-state index is 11.2. The van der Waals surface area contributed by atoms with Gasteiger partial charge in [-0.2, -0.15) is 0 Å². The summed E-state index contributed by atoms with van der Waals surface area (Å²) in [4.78, 5) is 18.3. The van der Waals surface area contributed by atoms with Crippen LogP contribution in [-0.2, 0) is 8.54 Å². The molecule has 0 aromatic heterocycles. The van der Waals surface area contributed by atoms with E-state index in [-0.39, 0.29) is 0 Å². The van der Waals surface area contributed by atoms with Crippen LogP contribution >= 0.6 is 18.1 Å². The van der Waals surface area contributed by atoms with E-state index in [4.69, 9.17) is 13.8 Å². The van der Waals surface area contributed by atoms with Gasteiger partial charge in [0.1, 0.15) is 0 Å². The molecule has 0 saturated heterocycles. The topological polar surface area (TPSA) is 66.8 Å². The lowest BCUT2D eigenvalue weighted by atomic mass is 10.4. The van der Waals surface area contributed by atoms with Crippen LogP contribution < -0.4 is 0 Å². The molecule has 0 aliphatic carbocycles. The normalized spacial score (nSPS) is 13.8. The molecule has 0 unspecified atom stereocenters. The van der Waals surface area contributed by atoms with Gasteiger partial charge in [-0.05, 0) is 36.5 Å². The van der Waals surface area contributed by atoms with Crippen LogP contribution in [0.5, 0.6) is 0 Å². The summed E-state index contributed by atoms with van der Waals surface area (Å²) >= 11 is 0. The lowest BCUT2D eigenvalue weighted by Crippen LogP contribution is -2.16. The summed E-state index contributed by atoms with van der Waals surface area (Å²) < 4.78 is 16.5. The van der Waals surface area contributed by atoms with Gasteiger partial charge in [0, 0.05) is 0 Å². The predicted octanol–water partition coefficient (Wildman–Crippen LogP) is 4.22. The second kappa shape index (κ2) is 9.38. The van der Waals surface area contributed by atoms with Crippen molar-refractivity contribution in [1.29, 1.82) is 0 Å². The SMILES string of the molecule is CCCCS(CCCC)(CCCC)OP(=O)(O)O. The maximum Gasteiger partial charge on any atom is 0.479 e. The Morgan fingerprint density at radius 3 is 1.44 bits per heavy atom. The number of rotatable bonds is 11. The van der Waals surface area contributed by atoms with E-state index in [2.05, 4.69) is 20.8 Å². The van der Waals surface area contributed by atoms with Crippen molar-refractivity contribution in [2.75, 3.05) is 17.3 Å². The summed E-state index contributed by atoms with van der Waals surface area (Å²) in [5.41, 5.74) is 0. The highest BCUT2D eigenvalue weighted by molar-refractivity contribution is 8.31. The molecule has 0 rings (SSSR count). The van der Waals surface area contributed by atoms with Crippen molar-refractivity contribution in [3.05, 3.63) is 0 Å². The highest BCUT2D eigenvalue weighted by Crippen LogP contribution is 2.61. The first-order valence-electron chi connectivity index (χ1n) is 6.92. The highest BCUT2D eigenvalue weighted by atomic mass is 32.3. The van der Waals surface area contributed by atoms with E-state index in [1.54, 1.807) is 0 Å². The summed E-state index contributed by atoms with van der Waals surface area (Å²) in [6.07, 6.45) is 6.08.